The van der Waals surface area contributed by atoms with Gasteiger partial charge in [-0.3, -0.25) is 9.69 Å². The quantitative estimate of drug-likeness (QED) is 0.760. The SMILES string of the molecule is C=CCN1CCC2(CC1)CN(C(=O)Cc1cccs1)c1ccc(F)cc12. The lowest BCUT2D eigenvalue weighted by Gasteiger charge is -2.39. The zero-order valence-corrected chi connectivity index (χ0v) is 15.6. The number of fused-ring (bicyclic) bond motifs is 2. The lowest BCUT2D eigenvalue weighted by Crippen LogP contribution is -2.46. The highest BCUT2D eigenvalue weighted by atomic mass is 32.1. The van der Waals surface area contributed by atoms with Gasteiger partial charge in [0.05, 0.1) is 6.42 Å². The van der Waals surface area contributed by atoms with Crippen LogP contribution >= 0.6 is 11.3 Å². The first-order valence-corrected chi connectivity index (χ1v) is 9.95. The molecule has 2 aliphatic rings. The van der Waals surface area contributed by atoms with E-state index in [1.165, 1.54) is 6.07 Å². The molecule has 0 radical (unpaired) electrons. The van der Waals surface area contributed by atoms with E-state index in [1.807, 2.05) is 28.5 Å². The van der Waals surface area contributed by atoms with E-state index in [0.29, 0.717) is 13.0 Å². The van der Waals surface area contributed by atoms with Crippen LogP contribution in [-0.4, -0.2) is 37.0 Å². The third kappa shape index (κ3) is 3.10. The molecule has 1 spiro atoms. The van der Waals surface area contributed by atoms with Gasteiger partial charge in [0, 0.05) is 29.1 Å². The minimum absolute atomic E-state index is 0.103. The Morgan fingerprint density at radius 3 is 2.81 bits per heavy atom. The van der Waals surface area contributed by atoms with Gasteiger partial charge < -0.3 is 4.90 Å². The third-order valence-corrected chi connectivity index (χ3v) is 6.56. The van der Waals surface area contributed by atoms with Gasteiger partial charge in [0.15, 0.2) is 0 Å². The second kappa shape index (κ2) is 6.97. The average molecular weight is 370 g/mol. The molecule has 0 atom stereocenters. The molecule has 0 N–H and O–H groups in total. The largest absolute Gasteiger partial charge is 0.311 e. The summed E-state index contributed by atoms with van der Waals surface area (Å²) in [5, 5.41) is 1.99. The summed E-state index contributed by atoms with van der Waals surface area (Å²) in [7, 11) is 0. The molecule has 2 aromatic rings. The number of benzene rings is 1. The number of carbonyl (C=O) groups excluding carboxylic acids is 1. The molecule has 4 rings (SSSR count). The maximum absolute atomic E-state index is 14.0. The summed E-state index contributed by atoms with van der Waals surface area (Å²) in [4.78, 5) is 18.3. The molecule has 2 aliphatic heterocycles. The normalized spacial score (nSPS) is 18.9. The molecule has 0 aliphatic carbocycles. The smallest absolute Gasteiger partial charge is 0.232 e. The number of halogens is 1. The molecule has 3 nitrogen and oxygen atoms in total. The Bertz CT molecular complexity index is 809. The van der Waals surface area contributed by atoms with Crippen molar-refractivity contribution in [2.45, 2.75) is 24.7 Å². The topological polar surface area (TPSA) is 23.6 Å². The number of rotatable bonds is 4. The number of carbonyl (C=O) groups is 1. The van der Waals surface area contributed by atoms with Crippen LogP contribution in [-0.2, 0) is 16.6 Å². The number of anilines is 1. The van der Waals surface area contributed by atoms with Gasteiger partial charge >= 0.3 is 0 Å². The van der Waals surface area contributed by atoms with Crippen molar-refractivity contribution in [1.82, 2.24) is 4.90 Å². The second-order valence-corrected chi connectivity index (χ2v) is 8.30. The van der Waals surface area contributed by atoms with Crippen molar-refractivity contribution in [3.63, 3.8) is 0 Å². The lowest BCUT2D eigenvalue weighted by atomic mass is 9.74. The molecule has 3 heterocycles. The third-order valence-electron chi connectivity index (χ3n) is 5.69. The maximum atomic E-state index is 14.0. The minimum atomic E-state index is -0.218. The molecule has 136 valence electrons. The molecule has 1 amide bonds. The van der Waals surface area contributed by atoms with Crippen LogP contribution in [0.2, 0.25) is 0 Å². The Morgan fingerprint density at radius 1 is 1.31 bits per heavy atom. The Morgan fingerprint density at radius 2 is 2.12 bits per heavy atom. The number of piperidine rings is 1. The van der Waals surface area contributed by atoms with Crippen molar-refractivity contribution in [3.8, 4) is 0 Å². The first kappa shape index (κ1) is 17.4. The molecule has 0 bridgehead atoms. The van der Waals surface area contributed by atoms with E-state index in [2.05, 4.69) is 11.5 Å². The molecule has 0 saturated carbocycles. The van der Waals surface area contributed by atoms with Crippen LogP contribution in [0.4, 0.5) is 10.1 Å². The molecule has 1 aromatic heterocycles. The summed E-state index contributed by atoms with van der Waals surface area (Å²) < 4.78 is 14.0. The zero-order valence-electron chi connectivity index (χ0n) is 14.8. The van der Waals surface area contributed by atoms with Crippen molar-refractivity contribution < 1.29 is 9.18 Å². The highest BCUT2D eigenvalue weighted by Gasteiger charge is 2.46. The van der Waals surface area contributed by atoms with E-state index in [9.17, 15) is 9.18 Å². The monoisotopic (exact) mass is 370 g/mol. The Hall–Kier alpha value is -1.98. The van der Waals surface area contributed by atoms with Crippen molar-refractivity contribution in [1.29, 1.82) is 0 Å². The van der Waals surface area contributed by atoms with Crippen molar-refractivity contribution in [2.24, 2.45) is 0 Å². The molecule has 1 aromatic carbocycles. The molecular formula is C21H23FN2OS. The van der Waals surface area contributed by atoms with E-state index in [4.69, 9.17) is 0 Å². The predicted molar refractivity (Wildman–Crippen MR) is 104 cm³/mol. The van der Waals surface area contributed by atoms with E-state index < -0.39 is 0 Å². The van der Waals surface area contributed by atoms with Gasteiger partial charge in [0.1, 0.15) is 5.82 Å². The number of hydrogen-bond acceptors (Lipinski definition) is 3. The highest BCUT2D eigenvalue weighted by molar-refractivity contribution is 7.10. The van der Waals surface area contributed by atoms with Gasteiger partial charge in [-0.25, -0.2) is 4.39 Å². The van der Waals surface area contributed by atoms with Crippen molar-refractivity contribution >= 4 is 22.9 Å². The molecular weight excluding hydrogens is 347 g/mol. The Kier molecular flexibility index (Phi) is 4.67. The van der Waals surface area contributed by atoms with Gasteiger partial charge in [0.2, 0.25) is 5.91 Å². The van der Waals surface area contributed by atoms with E-state index >= 15 is 0 Å². The van der Waals surface area contributed by atoms with Gasteiger partial charge in [0.25, 0.3) is 0 Å². The van der Waals surface area contributed by atoms with Gasteiger partial charge in [-0.15, -0.1) is 17.9 Å². The number of amides is 1. The second-order valence-electron chi connectivity index (χ2n) is 7.27. The van der Waals surface area contributed by atoms with Gasteiger partial charge in [-0.2, -0.15) is 0 Å². The summed E-state index contributed by atoms with van der Waals surface area (Å²) >= 11 is 1.60. The van der Waals surface area contributed by atoms with Crippen LogP contribution < -0.4 is 4.90 Å². The number of likely N-dealkylation sites (tertiary alicyclic amines) is 1. The van der Waals surface area contributed by atoms with E-state index in [0.717, 1.165) is 48.6 Å². The first-order chi connectivity index (χ1) is 12.6. The van der Waals surface area contributed by atoms with E-state index in [-0.39, 0.29) is 17.1 Å². The molecule has 26 heavy (non-hydrogen) atoms. The average Bonchev–Trinajstić information content (AvgIpc) is 3.24. The summed E-state index contributed by atoms with van der Waals surface area (Å²) in [5.74, 6) is -0.116. The first-order valence-electron chi connectivity index (χ1n) is 9.07. The molecule has 0 unspecified atom stereocenters. The van der Waals surface area contributed by atoms with Crippen LogP contribution in [0.15, 0.2) is 48.4 Å². The minimum Gasteiger partial charge on any atom is -0.311 e. The highest BCUT2D eigenvalue weighted by Crippen LogP contribution is 2.47. The fraction of sp³-hybridized carbons (Fsp3) is 0.381. The predicted octanol–water partition coefficient (Wildman–Crippen LogP) is 4.00. The Labute approximate surface area is 157 Å². The summed E-state index contributed by atoms with van der Waals surface area (Å²) in [5.41, 5.74) is 1.78. The van der Waals surface area contributed by atoms with Crippen LogP contribution in [0, 0.1) is 5.82 Å². The van der Waals surface area contributed by atoms with Crippen molar-refractivity contribution in [2.75, 3.05) is 31.1 Å². The van der Waals surface area contributed by atoms with Crippen LogP contribution in [0.25, 0.3) is 0 Å². The lowest BCUT2D eigenvalue weighted by molar-refractivity contribution is -0.118. The van der Waals surface area contributed by atoms with Crippen LogP contribution in [0.3, 0.4) is 0 Å². The number of hydrogen-bond donors (Lipinski definition) is 0. The van der Waals surface area contributed by atoms with Crippen LogP contribution in [0.1, 0.15) is 23.3 Å². The standard InChI is InChI=1S/C21H23FN2OS/c1-2-9-23-10-7-21(8-11-23)15-24(19-6-5-16(22)13-18(19)21)20(25)14-17-4-3-12-26-17/h2-6,12-13H,1,7-11,14-15H2. The molecule has 1 saturated heterocycles. The fourth-order valence-corrected chi connectivity index (χ4v) is 4.99. The summed E-state index contributed by atoms with van der Waals surface area (Å²) in [6.07, 6.45) is 4.23. The van der Waals surface area contributed by atoms with Gasteiger partial charge in [-0.1, -0.05) is 12.1 Å². The van der Waals surface area contributed by atoms with E-state index in [1.54, 1.807) is 23.5 Å². The van der Waals surface area contributed by atoms with Gasteiger partial charge in [-0.05, 0) is 61.1 Å². The maximum Gasteiger partial charge on any atom is 0.232 e. The number of nitrogens with zero attached hydrogens (tertiary/aromatic N) is 2. The fourth-order valence-electron chi connectivity index (χ4n) is 4.30. The van der Waals surface area contributed by atoms with Crippen LogP contribution in [0.5, 0.6) is 0 Å². The summed E-state index contributed by atoms with van der Waals surface area (Å²) in [6, 6.07) is 8.86. The summed E-state index contributed by atoms with van der Waals surface area (Å²) in [6.45, 7) is 7.27. The van der Waals surface area contributed by atoms with Crippen molar-refractivity contribution in [3.05, 3.63) is 64.6 Å². The zero-order chi connectivity index (χ0) is 18.1. The Balaban J connectivity index is 1.61. The number of thiophene rings is 1. The molecule has 1 fully saturated rings. The molecule has 5 heteroatoms.